The van der Waals surface area contributed by atoms with Crippen molar-refractivity contribution in [3.8, 4) is 5.75 Å². The second-order valence-electron chi connectivity index (χ2n) is 4.69. The zero-order valence-corrected chi connectivity index (χ0v) is 13.3. The predicted octanol–water partition coefficient (Wildman–Crippen LogP) is 1.99. The molecule has 5 N–H and O–H groups in total. The van der Waals surface area contributed by atoms with Crippen molar-refractivity contribution in [2.75, 3.05) is 12.4 Å². The number of nitrogens with zero attached hydrogens (tertiary/aromatic N) is 1. The van der Waals surface area contributed by atoms with Crippen molar-refractivity contribution in [2.45, 2.75) is 6.92 Å². The summed E-state index contributed by atoms with van der Waals surface area (Å²) in [6, 6.07) is 6.29. The molecule has 23 heavy (non-hydrogen) atoms. The van der Waals surface area contributed by atoms with Crippen LogP contribution in [0.1, 0.15) is 26.4 Å². The van der Waals surface area contributed by atoms with E-state index in [-0.39, 0.29) is 22.0 Å². The van der Waals surface area contributed by atoms with Gasteiger partial charge in [-0.2, -0.15) is 0 Å². The van der Waals surface area contributed by atoms with Gasteiger partial charge in [0.25, 0.3) is 11.8 Å². The monoisotopic (exact) mass is 334 g/mol. The predicted molar refractivity (Wildman–Crippen MR) is 87.3 cm³/mol. The smallest absolute Gasteiger partial charge is 0.252 e. The van der Waals surface area contributed by atoms with Crippen LogP contribution < -0.4 is 21.5 Å². The van der Waals surface area contributed by atoms with Crippen molar-refractivity contribution >= 4 is 34.8 Å². The topological polar surface area (TPSA) is 120 Å². The second-order valence-corrected chi connectivity index (χ2v) is 5.08. The van der Waals surface area contributed by atoms with Crippen LogP contribution in [0.15, 0.2) is 24.3 Å². The Morgan fingerprint density at radius 3 is 2.48 bits per heavy atom. The highest BCUT2D eigenvalue weighted by Crippen LogP contribution is 2.33. The van der Waals surface area contributed by atoms with Crippen LogP contribution in [0, 0.1) is 6.92 Å². The average Bonchev–Trinajstić information content (AvgIpc) is 2.45. The molecule has 0 saturated heterocycles. The highest BCUT2D eigenvalue weighted by molar-refractivity contribution is 6.30. The maximum Gasteiger partial charge on any atom is 0.252 e. The lowest BCUT2D eigenvalue weighted by Gasteiger charge is -2.16. The third kappa shape index (κ3) is 3.35. The first-order chi connectivity index (χ1) is 10.8. The van der Waals surface area contributed by atoms with E-state index in [0.717, 1.165) is 0 Å². The Balaban J connectivity index is 2.58. The number of anilines is 2. The number of hydrogen-bond acceptors (Lipinski definition) is 5. The first-order valence-electron chi connectivity index (χ1n) is 6.56. The van der Waals surface area contributed by atoms with Gasteiger partial charge in [0, 0.05) is 0 Å². The molecule has 2 aromatic rings. The molecule has 1 heterocycles. The van der Waals surface area contributed by atoms with Crippen LogP contribution in [0.4, 0.5) is 11.4 Å². The molecule has 0 unspecified atom stereocenters. The highest BCUT2D eigenvalue weighted by atomic mass is 35.5. The SMILES string of the molecule is COc1c(Nc2cc(Cl)nc(C)c2C(N)=O)cccc1C(N)=O. The molecule has 0 saturated carbocycles. The number of rotatable bonds is 5. The zero-order valence-electron chi connectivity index (χ0n) is 12.5. The zero-order chi connectivity index (χ0) is 17.1. The van der Waals surface area contributed by atoms with Gasteiger partial charge in [-0.05, 0) is 25.1 Å². The molecular formula is C15H15ClN4O3. The van der Waals surface area contributed by atoms with Gasteiger partial charge < -0.3 is 21.5 Å². The lowest BCUT2D eigenvalue weighted by atomic mass is 10.1. The van der Waals surface area contributed by atoms with Crippen molar-refractivity contribution in [3.05, 3.63) is 46.2 Å². The summed E-state index contributed by atoms with van der Waals surface area (Å²) in [5.41, 5.74) is 12.3. The molecule has 0 aliphatic carbocycles. The maximum absolute atomic E-state index is 11.7. The number of carbonyl (C=O) groups is 2. The maximum atomic E-state index is 11.7. The van der Waals surface area contributed by atoms with E-state index in [1.54, 1.807) is 19.1 Å². The summed E-state index contributed by atoms with van der Waals surface area (Å²) in [5.74, 6) is -1.04. The van der Waals surface area contributed by atoms with Crippen molar-refractivity contribution < 1.29 is 14.3 Å². The van der Waals surface area contributed by atoms with Gasteiger partial charge in [-0.1, -0.05) is 17.7 Å². The Hall–Kier alpha value is -2.80. The van der Waals surface area contributed by atoms with Crippen LogP contribution in [0.3, 0.4) is 0 Å². The molecule has 0 aliphatic rings. The fourth-order valence-corrected chi connectivity index (χ4v) is 2.47. The third-order valence-corrected chi connectivity index (χ3v) is 3.36. The second kappa shape index (κ2) is 6.53. The number of carbonyl (C=O) groups excluding carboxylic acids is 2. The van der Waals surface area contributed by atoms with E-state index in [2.05, 4.69) is 10.3 Å². The van der Waals surface area contributed by atoms with E-state index in [1.165, 1.54) is 19.2 Å². The minimum atomic E-state index is -0.654. The molecule has 0 fully saturated rings. The number of ether oxygens (including phenoxy) is 1. The molecule has 2 amide bonds. The largest absolute Gasteiger partial charge is 0.494 e. The molecule has 1 aromatic carbocycles. The van der Waals surface area contributed by atoms with Gasteiger partial charge in [0.1, 0.15) is 5.15 Å². The molecule has 1 aromatic heterocycles. The number of amides is 2. The number of para-hydroxylation sites is 1. The lowest BCUT2D eigenvalue weighted by Crippen LogP contribution is -2.17. The van der Waals surface area contributed by atoms with Crippen LogP contribution in [0.5, 0.6) is 5.75 Å². The summed E-state index contributed by atoms with van der Waals surface area (Å²) in [4.78, 5) is 27.2. The van der Waals surface area contributed by atoms with Crippen molar-refractivity contribution in [1.29, 1.82) is 0 Å². The Bertz CT molecular complexity index is 793. The van der Waals surface area contributed by atoms with Crippen LogP contribution in [-0.2, 0) is 0 Å². The summed E-state index contributed by atoms with van der Waals surface area (Å²) in [7, 11) is 1.41. The summed E-state index contributed by atoms with van der Waals surface area (Å²) >= 11 is 5.94. The Labute approximate surface area is 137 Å². The molecule has 2 rings (SSSR count). The number of nitrogens with one attached hydrogen (secondary N) is 1. The number of hydrogen-bond donors (Lipinski definition) is 3. The molecule has 8 heteroatoms. The van der Waals surface area contributed by atoms with Crippen LogP contribution in [0.25, 0.3) is 0 Å². The number of halogens is 1. The van der Waals surface area contributed by atoms with Crippen LogP contribution in [0.2, 0.25) is 5.15 Å². The molecule has 120 valence electrons. The first kappa shape index (κ1) is 16.6. The van der Waals surface area contributed by atoms with Crippen molar-refractivity contribution in [1.82, 2.24) is 4.98 Å². The lowest BCUT2D eigenvalue weighted by molar-refractivity contribution is 0.0989. The summed E-state index contributed by atoms with van der Waals surface area (Å²) < 4.78 is 5.24. The number of primary amides is 2. The third-order valence-electron chi connectivity index (χ3n) is 3.17. The molecule has 7 nitrogen and oxygen atoms in total. The Morgan fingerprint density at radius 1 is 1.22 bits per heavy atom. The van der Waals surface area contributed by atoms with E-state index in [4.69, 9.17) is 27.8 Å². The summed E-state index contributed by atoms with van der Waals surface area (Å²) in [6.07, 6.45) is 0. The number of pyridine rings is 1. The van der Waals surface area contributed by atoms with Gasteiger partial charge >= 0.3 is 0 Å². The fraction of sp³-hybridized carbons (Fsp3) is 0.133. The standard InChI is InChI=1S/C15H15ClN4O3/c1-7-12(15(18)22)10(6-11(16)19-7)20-9-5-3-4-8(14(17)21)13(9)23-2/h3-6H,1-2H3,(H2,17,21)(H2,18,22)(H,19,20). The normalized spacial score (nSPS) is 10.2. The van der Waals surface area contributed by atoms with E-state index < -0.39 is 11.8 Å². The molecule has 0 radical (unpaired) electrons. The summed E-state index contributed by atoms with van der Waals surface area (Å²) in [5, 5.41) is 3.19. The highest BCUT2D eigenvalue weighted by Gasteiger charge is 2.18. The minimum Gasteiger partial charge on any atom is -0.494 e. The molecule has 0 spiro atoms. The van der Waals surface area contributed by atoms with Crippen LogP contribution >= 0.6 is 11.6 Å². The van der Waals surface area contributed by atoms with E-state index >= 15 is 0 Å². The van der Waals surface area contributed by atoms with E-state index in [9.17, 15) is 9.59 Å². The van der Waals surface area contributed by atoms with Gasteiger partial charge in [-0.3, -0.25) is 9.59 Å². The quantitative estimate of drug-likeness (QED) is 0.722. The van der Waals surface area contributed by atoms with E-state index in [1.807, 2.05) is 0 Å². The Morgan fingerprint density at radius 2 is 1.91 bits per heavy atom. The van der Waals surface area contributed by atoms with Gasteiger partial charge in [0.2, 0.25) is 0 Å². The Kier molecular flexibility index (Phi) is 4.71. The van der Waals surface area contributed by atoms with Crippen LogP contribution in [-0.4, -0.2) is 23.9 Å². The van der Waals surface area contributed by atoms with Gasteiger partial charge in [0.15, 0.2) is 5.75 Å². The van der Waals surface area contributed by atoms with Gasteiger partial charge in [-0.15, -0.1) is 0 Å². The molecular weight excluding hydrogens is 320 g/mol. The van der Waals surface area contributed by atoms with E-state index in [0.29, 0.717) is 17.1 Å². The first-order valence-corrected chi connectivity index (χ1v) is 6.93. The minimum absolute atomic E-state index is 0.194. The number of benzene rings is 1. The molecule has 0 aliphatic heterocycles. The summed E-state index contributed by atoms with van der Waals surface area (Å²) in [6.45, 7) is 1.62. The van der Waals surface area contributed by atoms with Crippen molar-refractivity contribution in [2.24, 2.45) is 11.5 Å². The average molecular weight is 335 g/mol. The molecule has 0 atom stereocenters. The van der Waals surface area contributed by atoms with Crippen molar-refractivity contribution in [3.63, 3.8) is 0 Å². The number of aromatic nitrogens is 1. The number of aryl methyl sites for hydroxylation is 1. The molecule has 0 bridgehead atoms. The fourth-order valence-electron chi connectivity index (χ4n) is 2.24. The van der Waals surface area contributed by atoms with Gasteiger partial charge in [0.05, 0.1) is 35.3 Å². The number of nitrogens with two attached hydrogens (primary N) is 2. The van der Waals surface area contributed by atoms with Gasteiger partial charge in [-0.25, -0.2) is 4.98 Å². The number of methoxy groups -OCH3 is 1.